The molecule has 0 radical (unpaired) electrons. The highest BCUT2D eigenvalue weighted by atomic mass is 16.5. The van der Waals surface area contributed by atoms with Crippen molar-refractivity contribution in [1.82, 2.24) is 4.90 Å². The molecule has 1 N–H and O–H groups in total. The zero-order chi connectivity index (χ0) is 27.4. The molecule has 0 aliphatic carbocycles. The van der Waals surface area contributed by atoms with E-state index in [9.17, 15) is 14.7 Å². The monoisotopic (exact) mass is 513 g/mol. The Hall–Kier alpha value is -4.06. The minimum absolute atomic E-state index is 0.0557. The average molecular weight is 514 g/mol. The molecule has 1 amide bonds. The molecule has 1 saturated heterocycles. The van der Waals surface area contributed by atoms with Crippen molar-refractivity contribution in [2.45, 2.75) is 52.1 Å². The van der Waals surface area contributed by atoms with Crippen molar-refractivity contribution in [1.29, 1.82) is 0 Å². The number of ether oxygens (including phenoxy) is 2. The van der Waals surface area contributed by atoms with Crippen LogP contribution >= 0.6 is 0 Å². The molecule has 1 fully saturated rings. The van der Waals surface area contributed by atoms with E-state index < -0.39 is 17.7 Å². The van der Waals surface area contributed by atoms with Crippen LogP contribution in [0.15, 0.2) is 78.4 Å². The van der Waals surface area contributed by atoms with Crippen LogP contribution in [0.2, 0.25) is 0 Å². The molecule has 38 heavy (non-hydrogen) atoms. The van der Waals surface area contributed by atoms with E-state index in [2.05, 4.69) is 20.8 Å². The number of ketones is 1. The number of aliphatic hydroxyl groups excluding tert-OH is 1. The Balaban J connectivity index is 1.83. The molecule has 0 bridgehead atoms. The van der Waals surface area contributed by atoms with Crippen molar-refractivity contribution < 1.29 is 24.2 Å². The summed E-state index contributed by atoms with van der Waals surface area (Å²) < 4.78 is 11.1. The van der Waals surface area contributed by atoms with Gasteiger partial charge in [0.15, 0.2) is 0 Å². The lowest BCUT2D eigenvalue weighted by Gasteiger charge is -2.27. The van der Waals surface area contributed by atoms with Gasteiger partial charge in [0.25, 0.3) is 11.7 Å². The second kappa shape index (κ2) is 11.1. The summed E-state index contributed by atoms with van der Waals surface area (Å²) in [4.78, 5) is 28.4. The molecule has 0 aromatic heterocycles. The molecule has 1 aliphatic heterocycles. The van der Waals surface area contributed by atoms with Crippen molar-refractivity contribution in [2.24, 2.45) is 0 Å². The van der Waals surface area contributed by atoms with Crippen molar-refractivity contribution in [3.05, 3.63) is 101 Å². The van der Waals surface area contributed by atoms with E-state index in [4.69, 9.17) is 9.47 Å². The quantitative estimate of drug-likeness (QED) is 0.214. The molecule has 1 heterocycles. The molecule has 4 rings (SSSR count). The Kier molecular flexibility index (Phi) is 7.91. The van der Waals surface area contributed by atoms with Crippen LogP contribution in [-0.4, -0.2) is 35.4 Å². The Labute approximate surface area is 224 Å². The van der Waals surface area contributed by atoms with Crippen molar-refractivity contribution in [3.8, 4) is 11.5 Å². The number of hydrogen-bond donors (Lipinski definition) is 1. The number of nitrogens with zero attached hydrogens (tertiary/aromatic N) is 1. The lowest BCUT2D eigenvalue weighted by molar-refractivity contribution is -0.140. The average Bonchev–Trinajstić information content (AvgIpc) is 3.16. The number of benzene rings is 3. The summed E-state index contributed by atoms with van der Waals surface area (Å²) >= 11 is 0. The van der Waals surface area contributed by atoms with E-state index in [1.807, 2.05) is 55.5 Å². The summed E-state index contributed by atoms with van der Waals surface area (Å²) in [5, 5.41) is 11.4. The van der Waals surface area contributed by atoms with E-state index in [1.54, 1.807) is 31.4 Å². The van der Waals surface area contributed by atoms with Gasteiger partial charge in [0, 0.05) is 12.1 Å². The fourth-order valence-corrected chi connectivity index (χ4v) is 4.63. The number of rotatable bonds is 8. The number of carbonyl (C=O) groups is 2. The minimum Gasteiger partial charge on any atom is -0.507 e. The van der Waals surface area contributed by atoms with E-state index in [1.165, 1.54) is 4.90 Å². The number of hydrogen-bond acceptors (Lipinski definition) is 5. The standard InChI is InChI=1S/C32H35NO5/c1-6-17-38-26-12-8-10-23(19-26)29(34)27-28(22-13-15-24(16-14-22)32(2,3)4)33(31(36)30(27)35)20-21-9-7-11-25(18-21)37-5/h7-16,18-19,28,34H,6,17,20H2,1-5H3/b29-27-. The van der Waals surface area contributed by atoms with Gasteiger partial charge in [0.2, 0.25) is 0 Å². The van der Waals surface area contributed by atoms with Crippen molar-refractivity contribution in [2.75, 3.05) is 13.7 Å². The van der Waals surface area contributed by atoms with Crippen molar-refractivity contribution >= 4 is 17.4 Å². The number of likely N-dealkylation sites (tertiary alicyclic amines) is 1. The SMILES string of the molecule is CCCOc1cccc(/C(O)=C2/C(=O)C(=O)N(Cc3cccc(OC)c3)C2c2ccc(C(C)(C)C)cc2)c1. The second-order valence-electron chi connectivity index (χ2n) is 10.5. The van der Waals surface area contributed by atoms with Gasteiger partial charge in [-0.3, -0.25) is 9.59 Å². The smallest absolute Gasteiger partial charge is 0.295 e. The molecule has 1 aliphatic rings. The van der Waals surface area contributed by atoms with E-state index in [-0.39, 0.29) is 23.3 Å². The van der Waals surface area contributed by atoms with E-state index >= 15 is 0 Å². The van der Waals surface area contributed by atoms with Gasteiger partial charge in [-0.05, 0) is 52.8 Å². The maximum absolute atomic E-state index is 13.4. The Morgan fingerprint density at radius 1 is 0.947 bits per heavy atom. The van der Waals surface area contributed by atoms with Crippen LogP contribution in [0.3, 0.4) is 0 Å². The fourth-order valence-electron chi connectivity index (χ4n) is 4.63. The van der Waals surface area contributed by atoms with Gasteiger partial charge in [0.1, 0.15) is 17.3 Å². The number of Topliss-reactive ketones (excluding diaryl/α,β-unsaturated/α-hetero) is 1. The zero-order valence-electron chi connectivity index (χ0n) is 22.7. The summed E-state index contributed by atoms with van der Waals surface area (Å²) in [6.45, 7) is 9.12. The van der Waals surface area contributed by atoms with Gasteiger partial charge in [-0.25, -0.2) is 0 Å². The number of aliphatic hydroxyl groups is 1. The summed E-state index contributed by atoms with van der Waals surface area (Å²) in [5.41, 5.74) is 3.13. The number of methoxy groups -OCH3 is 1. The molecule has 0 spiro atoms. The van der Waals surface area contributed by atoms with Gasteiger partial charge < -0.3 is 19.5 Å². The first-order chi connectivity index (χ1) is 18.1. The normalized spacial score (nSPS) is 17.1. The Bertz CT molecular complexity index is 1350. The summed E-state index contributed by atoms with van der Waals surface area (Å²) in [7, 11) is 1.58. The van der Waals surface area contributed by atoms with Gasteiger partial charge in [-0.1, -0.05) is 76.2 Å². The highest BCUT2D eigenvalue weighted by Crippen LogP contribution is 2.41. The van der Waals surface area contributed by atoms with Gasteiger partial charge in [0.05, 0.1) is 25.3 Å². The van der Waals surface area contributed by atoms with Gasteiger partial charge >= 0.3 is 0 Å². The van der Waals surface area contributed by atoms with Gasteiger partial charge in [-0.15, -0.1) is 0 Å². The number of amides is 1. The molecule has 6 nitrogen and oxygen atoms in total. The first-order valence-corrected chi connectivity index (χ1v) is 12.9. The van der Waals surface area contributed by atoms with Crippen LogP contribution in [0.5, 0.6) is 11.5 Å². The summed E-state index contributed by atoms with van der Waals surface area (Å²) in [6.07, 6.45) is 0.843. The number of carbonyl (C=O) groups excluding carboxylic acids is 2. The first-order valence-electron chi connectivity index (χ1n) is 12.9. The van der Waals surface area contributed by atoms with Gasteiger partial charge in [-0.2, -0.15) is 0 Å². The highest BCUT2D eigenvalue weighted by molar-refractivity contribution is 6.46. The predicted octanol–water partition coefficient (Wildman–Crippen LogP) is 6.40. The molecule has 198 valence electrons. The summed E-state index contributed by atoms with van der Waals surface area (Å²) in [6, 6.07) is 21.5. The van der Waals surface area contributed by atoms with Crippen LogP contribution < -0.4 is 9.47 Å². The second-order valence-corrected chi connectivity index (χ2v) is 10.5. The molecule has 1 unspecified atom stereocenters. The highest BCUT2D eigenvalue weighted by Gasteiger charge is 2.46. The van der Waals surface area contributed by atoms with E-state index in [0.29, 0.717) is 23.7 Å². The van der Waals surface area contributed by atoms with E-state index in [0.717, 1.165) is 23.1 Å². The van der Waals surface area contributed by atoms with Crippen LogP contribution in [0.25, 0.3) is 5.76 Å². The lowest BCUT2D eigenvalue weighted by atomic mass is 9.85. The lowest BCUT2D eigenvalue weighted by Crippen LogP contribution is -2.29. The fraction of sp³-hybridized carbons (Fsp3) is 0.312. The third-order valence-corrected chi connectivity index (χ3v) is 6.70. The maximum atomic E-state index is 13.4. The summed E-state index contributed by atoms with van der Waals surface area (Å²) in [5.74, 6) is -0.335. The molecular formula is C32H35NO5. The topological polar surface area (TPSA) is 76.1 Å². The molecule has 3 aromatic carbocycles. The predicted molar refractivity (Wildman–Crippen MR) is 148 cm³/mol. The van der Waals surface area contributed by atoms with Crippen LogP contribution in [-0.2, 0) is 21.5 Å². The zero-order valence-corrected chi connectivity index (χ0v) is 22.7. The van der Waals surface area contributed by atoms with Crippen molar-refractivity contribution in [3.63, 3.8) is 0 Å². The Morgan fingerprint density at radius 2 is 1.63 bits per heavy atom. The van der Waals surface area contributed by atoms with Crippen LogP contribution in [0.1, 0.15) is 62.4 Å². The molecular weight excluding hydrogens is 478 g/mol. The molecule has 3 aromatic rings. The van der Waals surface area contributed by atoms with Crippen LogP contribution in [0.4, 0.5) is 0 Å². The largest absolute Gasteiger partial charge is 0.507 e. The molecule has 0 saturated carbocycles. The minimum atomic E-state index is -0.754. The van der Waals surface area contributed by atoms with Crippen LogP contribution in [0, 0.1) is 0 Å². The molecule has 1 atom stereocenters. The third kappa shape index (κ3) is 5.59. The molecule has 6 heteroatoms. The third-order valence-electron chi connectivity index (χ3n) is 6.70. The first kappa shape index (κ1) is 27.0. The maximum Gasteiger partial charge on any atom is 0.295 e. The Morgan fingerprint density at radius 3 is 2.29 bits per heavy atom.